The predicted molar refractivity (Wildman–Crippen MR) is 120 cm³/mol. The standard InChI is InChI=1S/C23H17N3O6S/c1-13-20(22(27)26(25-13)16-3-6-18(7-4-16)33(24,29)30)11-17-5-9-21(32-17)14-2-8-19-15(10-14)12-31-23(19)28/h2-11H,12H2,1H3,(H2,24,29,30). The van der Waals surface area contributed by atoms with Crippen LogP contribution in [0.1, 0.15) is 28.6 Å². The summed E-state index contributed by atoms with van der Waals surface area (Å²) in [5.41, 5.74) is 3.38. The molecule has 2 N–H and O–H groups in total. The number of cyclic esters (lactones) is 1. The summed E-state index contributed by atoms with van der Waals surface area (Å²) < 4.78 is 33.8. The number of furan rings is 1. The first kappa shape index (κ1) is 20.9. The number of nitrogens with zero attached hydrogens (tertiary/aromatic N) is 2. The Kier molecular flexibility index (Phi) is 4.76. The van der Waals surface area contributed by atoms with E-state index in [1.807, 2.05) is 6.07 Å². The molecule has 33 heavy (non-hydrogen) atoms. The Morgan fingerprint density at radius 3 is 2.55 bits per heavy atom. The molecule has 10 heteroatoms. The summed E-state index contributed by atoms with van der Waals surface area (Å²) in [4.78, 5) is 24.5. The van der Waals surface area contributed by atoms with Crippen molar-refractivity contribution < 1.29 is 27.2 Å². The van der Waals surface area contributed by atoms with Crippen LogP contribution in [-0.4, -0.2) is 26.0 Å². The van der Waals surface area contributed by atoms with Crippen molar-refractivity contribution in [2.24, 2.45) is 10.2 Å². The van der Waals surface area contributed by atoms with Crippen LogP contribution in [0.3, 0.4) is 0 Å². The lowest BCUT2D eigenvalue weighted by molar-refractivity contribution is -0.114. The number of benzene rings is 2. The molecule has 0 fully saturated rings. The summed E-state index contributed by atoms with van der Waals surface area (Å²) in [5.74, 6) is 0.336. The Bertz CT molecular complexity index is 1480. The number of carbonyl (C=O) groups is 2. The Morgan fingerprint density at radius 2 is 1.82 bits per heavy atom. The van der Waals surface area contributed by atoms with Crippen molar-refractivity contribution in [1.82, 2.24) is 0 Å². The zero-order chi connectivity index (χ0) is 23.3. The second-order valence-corrected chi connectivity index (χ2v) is 9.11. The third-order valence-corrected chi connectivity index (χ3v) is 6.28. The van der Waals surface area contributed by atoms with E-state index in [9.17, 15) is 18.0 Å². The molecule has 2 aromatic carbocycles. The molecule has 0 spiro atoms. The molecule has 166 valence electrons. The van der Waals surface area contributed by atoms with Gasteiger partial charge in [0.1, 0.15) is 18.1 Å². The van der Waals surface area contributed by atoms with Crippen molar-refractivity contribution in [2.45, 2.75) is 18.4 Å². The quantitative estimate of drug-likeness (QED) is 0.467. The maximum atomic E-state index is 13.0. The maximum absolute atomic E-state index is 13.0. The van der Waals surface area contributed by atoms with Gasteiger partial charge >= 0.3 is 5.97 Å². The molecule has 0 radical (unpaired) electrons. The minimum absolute atomic E-state index is 0.0556. The van der Waals surface area contributed by atoms with E-state index in [2.05, 4.69) is 5.10 Å². The number of carbonyl (C=O) groups excluding carboxylic acids is 2. The largest absolute Gasteiger partial charge is 0.457 e. The smallest absolute Gasteiger partial charge is 0.338 e. The van der Waals surface area contributed by atoms with Gasteiger partial charge in [0.05, 0.1) is 27.4 Å². The van der Waals surface area contributed by atoms with Gasteiger partial charge in [-0.3, -0.25) is 4.79 Å². The van der Waals surface area contributed by atoms with E-state index in [0.717, 1.165) is 11.1 Å². The van der Waals surface area contributed by atoms with Crippen molar-refractivity contribution in [1.29, 1.82) is 0 Å². The Labute approximate surface area is 188 Å². The van der Waals surface area contributed by atoms with E-state index in [-0.39, 0.29) is 23.4 Å². The molecule has 2 aliphatic rings. The predicted octanol–water partition coefficient (Wildman–Crippen LogP) is 3.07. The van der Waals surface area contributed by atoms with E-state index < -0.39 is 10.0 Å². The number of esters is 1. The van der Waals surface area contributed by atoms with Crippen LogP contribution in [0.2, 0.25) is 0 Å². The van der Waals surface area contributed by atoms with Gasteiger partial charge in [0.15, 0.2) is 0 Å². The van der Waals surface area contributed by atoms with Crippen LogP contribution in [-0.2, 0) is 26.2 Å². The molecule has 0 atom stereocenters. The van der Waals surface area contributed by atoms with E-state index in [1.54, 1.807) is 37.3 Å². The minimum Gasteiger partial charge on any atom is -0.457 e. The number of ether oxygens (including phenoxy) is 1. The van der Waals surface area contributed by atoms with Crippen molar-refractivity contribution >= 4 is 39.4 Å². The number of hydrazone groups is 1. The molecule has 3 heterocycles. The number of nitrogens with two attached hydrogens (primary N) is 1. The zero-order valence-electron chi connectivity index (χ0n) is 17.3. The van der Waals surface area contributed by atoms with Gasteiger partial charge in [-0.05, 0) is 61.5 Å². The molecule has 0 unspecified atom stereocenters. The van der Waals surface area contributed by atoms with E-state index in [0.29, 0.717) is 34.1 Å². The lowest BCUT2D eigenvalue weighted by Crippen LogP contribution is -2.21. The monoisotopic (exact) mass is 463 g/mol. The zero-order valence-corrected chi connectivity index (χ0v) is 18.1. The number of sulfonamides is 1. The highest BCUT2D eigenvalue weighted by molar-refractivity contribution is 7.89. The van der Waals surface area contributed by atoms with E-state index in [1.165, 1.54) is 29.3 Å². The van der Waals surface area contributed by atoms with Crippen molar-refractivity contribution in [3.05, 3.63) is 77.1 Å². The number of rotatable bonds is 4. The molecule has 0 aliphatic carbocycles. The fourth-order valence-electron chi connectivity index (χ4n) is 3.65. The fraction of sp³-hybridized carbons (Fsp3) is 0.0870. The van der Waals surface area contributed by atoms with Crippen LogP contribution in [0, 0.1) is 0 Å². The highest BCUT2D eigenvalue weighted by Crippen LogP contribution is 2.30. The van der Waals surface area contributed by atoms with Crippen LogP contribution in [0.15, 0.2) is 74.6 Å². The van der Waals surface area contributed by atoms with Gasteiger partial charge in [0, 0.05) is 11.1 Å². The molecule has 5 rings (SSSR count). The molecular weight excluding hydrogens is 446 g/mol. The third-order valence-electron chi connectivity index (χ3n) is 5.35. The lowest BCUT2D eigenvalue weighted by Gasteiger charge is -2.11. The Morgan fingerprint density at radius 1 is 1.06 bits per heavy atom. The van der Waals surface area contributed by atoms with Gasteiger partial charge in [-0.15, -0.1) is 0 Å². The summed E-state index contributed by atoms with van der Waals surface area (Å²) in [7, 11) is -3.83. The first-order valence-electron chi connectivity index (χ1n) is 9.85. The summed E-state index contributed by atoms with van der Waals surface area (Å²) in [6.45, 7) is 1.93. The Hall–Kier alpha value is -4.02. The second-order valence-electron chi connectivity index (χ2n) is 7.55. The molecule has 0 saturated carbocycles. The van der Waals surface area contributed by atoms with Gasteiger partial charge < -0.3 is 9.15 Å². The van der Waals surface area contributed by atoms with Gasteiger partial charge in [0.2, 0.25) is 10.0 Å². The molecule has 2 aliphatic heterocycles. The van der Waals surface area contributed by atoms with Crippen molar-refractivity contribution in [3.63, 3.8) is 0 Å². The first-order chi connectivity index (χ1) is 15.7. The summed E-state index contributed by atoms with van der Waals surface area (Å²) in [5, 5.41) is 10.6. The number of fused-ring (bicyclic) bond motifs is 1. The first-order valence-corrected chi connectivity index (χ1v) is 11.4. The topological polar surface area (TPSA) is 132 Å². The van der Waals surface area contributed by atoms with Gasteiger partial charge in [-0.2, -0.15) is 10.1 Å². The minimum atomic E-state index is -3.83. The number of anilines is 1. The van der Waals surface area contributed by atoms with Gasteiger partial charge in [-0.25, -0.2) is 18.4 Å². The van der Waals surface area contributed by atoms with Crippen LogP contribution >= 0.6 is 0 Å². The number of amides is 1. The van der Waals surface area contributed by atoms with E-state index >= 15 is 0 Å². The summed E-state index contributed by atoms with van der Waals surface area (Å²) >= 11 is 0. The molecule has 0 bridgehead atoms. The molecule has 1 amide bonds. The van der Waals surface area contributed by atoms with Crippen molar-refractivity contribution in [3.8, 4) is 11.3 Å². The Balaban J connectivity index is 1.40. The fourth-order valence-corrected chi connectivity index (χ4v) is 4.17. The van der Waals surface area contributed by atoms with E-state index in [4.69, 9.17) is 14.3 Å². The second kappa shape index (κ2) is 7.54. The lowest BCUT2D eigenvalue weighted by atomic mass is 10.0. The van der Waals surface area contributed by atoms with Gasteiger partial charge in [0.25, 0.3) is 5.91 Å². The van der Waals surface area contributed by atoms with Crippen LogP contribution in [0.25, 0.3) is 17.4 Å². The number of primary sulfonamides is 1. The molecule has 1 aromatic heterocycles. The average Bonchev–Trinajstić information content (AvgIpc) is 3.48. The average molecular weight is 463 g/mol. The molecular formula is C23H17N3O6S. The SMILES string of the molecule is CC1=NN(c2ccc(S(N)(=O)=O)cc2)C(=O)C1=Cc1ccc(-c2ccc3c(c2)COC3=O)o1. The normalized spacial score (nSPS) is 16.8. The maximum Gasteiger partial charge on any atom is 0.338 e. The summed E-state index contributed by atoms with van der Waals surface area (Å²) in [6.07, 6.45) is 1.60. The molecule has 0 saturated heterocycles. The molecule has 9 nitrogen and oxygen atoms in total. The third kappa shape index (κ3) is 3.75. The summed E-state index contributed by atoms with van der Waals surface area (Å²) in [6, 6.07) is 14.4. The van der Waals surface area contributed by atoms with Crippen LogP contribution in [0.5, 0.6) is 0 Å². The van der Waals surface area contributed by atoms with Crippen molar-refractivity contribution in [2.75, 3.05) is 5.01 Å². The number of hydrogen-bond donors (Lipinski definition) is 1. The van der Waals surface area contributed by atoms with Crippen LogP contribution < -0.4 is 10.1 Å². The van der Waals surface area contributed by atoms with Crippen LogP contribution in [0.4, 0.5) is 5.69 Å². The highest BCUT2D eigenvalue weighted by Gasteiger charge is 2.29. The van der Waals surface area contributed by atoms with Gasteiger partial charge in [-0.1, -0.05) is 6.07 Å². The highest BCUT2D eigenvalue weighted by atomic mass is 32.2. The number of hydrogen-bond acceptors (Lipinski definition) is 7. The molecule has 3 aromatic rings.